The van der Waals surface area contributed by atoms with E-state index in [0.717, 1.165) is 44.7 Å². The van der Waals surface area contributed by atoms with Crippen LogP contribution in [0.3, 0.4) is 0 Å². The molecule has 0 aromatic rings. The lowest BCUT2D eigenvalue weighted by Crippen LogP contribution is -2.42. The van der Waals surface area contributed by atoms with Gasteiger partial charge in [-0.15, -0.1) is 0 Å². The second-order valence-electron chi connectivity index (χ2n) is 5.14. The summed E-state index contributed by atoms with van der Waals surface area (Å²) in [6.07, 6.45) is 8.79. The monoisotopic (exact) mass is 237 g/mol. The Bertz CT molecular complexity index is 300. The minimum atomic E-state index is 0.0935. The molecule has 4 nitrogen and oxygen atoms in total. The predicted molar refractivity (Wildman–Crippen MR) is 70.0 cm³/mol. The van der Waals surface area contributed by atoms with Crippen LogP contribution in [0.5, 0.6) is 0 Å². The number of aliphatic hydroxyl groups is 1. The van der Waals surface area contributed by atoms with Gasteiger partial charge in [-0.25, -0.2) is 0 Å². The zero-order valence-electron chi connectivity index (χ0n) is 10.6. The van der Waals surface area contributed by atoms with E-state index < -0.39 is 0 Å². The van der Waals surface area contributed by atoms with E-state index in [9.17, 15) is 5.11 Å². The van der Waals surface area contributed by atoms with Crippen molar-refractivity contribution in [3.05, 3.63) is 12.2 Å². The average molecular weight is 237 g/mol. The summed E-state index contributed by atoms with van der Waals surface area (Å²) < 4.78 is 0. The molecule has 1 saturated carbocycles. The largest absolute Gasteiger partial charge is 0.396 e. The third kappa shape index (κ3) is 3.46. The number of hydrogen-bond donors (Lipinski definition) is 3. The van der Waals surface area contributed by atoms with Crippen molar-refractivity contribution < 1.29 is 5.11 Å². The van der Waals surface area contributed by atoms with Crippen molar-refractivity contribution in [1.82, 2.24) is 10.6 Å². The van der Waals surface area contributed by atoms with Gasteiger partial charge < -0.3 is 15.7 Å². The molecule has 96 valence electrons. The highest BCUT2D eigenvalue weighted by Gasteiger charge is 2.41. The quantitative estimate of drug-likeness (QED) is 0.380. The van der Waals surface area contributed by atoms with Gasteiger partial charge in [0.25, 0.3) is 0 Å². The Morgan fingerprint density at radius 3 is 2.65 bits per heavy atom. The maximum absolute atomic E-state index is 9.26. The smallest absolute Gasteiger partial charge is 0.191 e. The Balaban J connectivity index is 1.84. The number of aliphatic hydroxyl groups excluding tert-OH is 1. The van der Waals surface area contributed by atoms with Gasteiger partial charge >= 0.3 is 0 Å². The fourth-order valence-corrected chi connectivity index (χ4v) is 2.04. The number of nitrogens with one attached hydrogen (secondary N) is 2. The van der Waals surface area contributed by atoms with Gasteiger partial charge in [0.2, 0.25) is 0 Å². The predicted octanol–water partition coefficient (Wildman–Crippen LogP) is 1.03. The summed E-state index contributed by atoms with van der Waals surface area (Å²) in [6.45, 7) is 3.95. The zero-order valence-corrected chi connectivity index (χ0v) is 10.6. The first-order valence-corrected chi connectivity index (χ1v) is 6.59. The summed E-state index contributed by atoms with van der Waals surface area (Å²) in [4.78, 5) is 4.59. The molecular weight excluding hydrogens is 214 g/mol. The second kappa shape index (κ2) is 5.54. The molecular formula is C13H23N3O. The minimum absolute atomic E-state index is 0.0935. The van der Waals surface area contributed by atoms with Gasteiger partial charge in [-0.2, -0.15) is 0 Å². The van der Waals surface area contributed by atoms with Crippen LogP contribution in [0.4, 0.5) is 0 Å². The Kier molecular flexibility index (Phi) is 4.05. The highest BCUT2D eigenvalue weighted by Crippen LogP contribution is 2.45. The fourth-order valence-electron chi connectivity index (χ4n) is 2.04. The first-order valence-electron chi connectivity index (χ1n) is 6.59. The van der Waals surface area contributed by atoms with Crippen LogP contribution in [0.15, 0.2) is 17.1 Å². The summed E-state index contributed by atoms with van der Waals surface area (Å²) in [5.41, 5.74) is 0.0935. The third-order valence-electron chi connectivity index (χ3n) is 3.56. The minimum Gasteiger partial charge on any atom is -0.396 e. The molecule has 0 aromatic heterocycles. The van der Waals surface area contributed by atoms with Crippen molar-refractivity contribution in [3.8, 4) is 0 Å². The van der Waals surface area contributed by atoms with Crippen LogP contribution in [-0.2, 0) is 0 Å². The number of rotatable bonds is 5. The van der Waals surface area contributed by atoms with Crippen LogP contribution in [0.1, 0.15) is 32.6 Å². The van der Waals surface area contributed by atoms with Crippen molar-refractivity contribution in [2.24, 2.45) is 10.4 Å². The molecule has 0 spiro atoms. The van der Waals surface area contributed by atoms with Crippen LogP contribution in [0, 0.1) is 5.41 Å². The molecule has 0 heterocycles. The lowest BCUT2D eigenvalue weighted by Gasteiger charge is -2.17. The molecule has 4 heteroatoms. The average Bonchev–Trinajstić information content (AvgIpc) is 2.95. The number of nitrogens with zero attached hydrogens (tertiary/aromatic N) is 1. The summed E-state index contributed by atoms with van der Waals surface area (Å²) in [6, 6.07) is 0.483. The molecule has 2 aliphatic carbocycles. The van der Waals surface area contributed by atoms with Crippen LogP contribution in [-0.4, -0.2) is 36.8 Å². The summed E-state index contributed by atoms with van der Waals surface area (Å²) >= 11 is 0. The number of hydrogen-bond acceptors (Lipinski definition) is 2. The molecule has 1 fully saturated rings. The SMILES string of the molecule is CCNC(=NCC1(CO)CC1)NC1CC=CC1. The van der Waals surface area contributed by atoms with E-state index >= 15 is 0 Å². The van der Waals surface area contributed by atoms with Gasteiger partial charge in [0, 0.05) is 18.0 Å². The molecule has 2 aliphatic rings. The number of guanidine groups is 1. The van der Waals surface area contributed by atoms with Crippen molar-refractivity contribution in [2.75, 3.05) is 19.7 Å². The molecule has 0 aliphatic heterocycles. The fraction of sp³-hybridized carbons (Fsp3) is 0.769. The highest BCUT2D eigenvalue weighted by molar-refractivity contribution is 5.80. The van der Waals surface area contributed by atoms with Gasteiger partial charge in [-0.3, -0.25) is 4.99 Å². The maximum atomic E-state index is 9.26. The van der Waals surface area contributed by atoms with Crippen LogP contribution in [0.25, 0.3) is 0 Å². The van der Waals surface area contributed by atoms with Gasteiger partial charge in [0.15, 0.2) is 5.96 Å². The molecule has 3 N–H and O–H groups in total. The third-order valence-corrected chi connectivity index (χ3v) is 3.56. The van der Waals surface area contributed by atoms with Crippen molar-refractivity contribution in [3.63, 3.8) is 0 Å². The van der Waals surface area contributed by atoms with Gasteiger partial charge in [-0.1, -0.05) is 12.2 Å². The van der Waals surface area contributed by atoms with E-state index in [0.29, 0.717) is 6.04 Å². The molecule has 0 saturated heterocycles. The molecule has 2 rings (SSSR count). The summed E-state index contributed by atoms with van der Waals surface area (Å²) in [5, 5.41) is 16.0. The standard InChI is InChI=1S/C13H23N3O/c1-2-14-12(16-11-5-3-4-6-11)15-9-13(10-17)7-8-13/h3-4,11,17H,2,5-10H2,1H3,(H2,14,15,16). The Labute approximate surface area is 103 Å². The topological polar surface area (TPSA) is 56.7 Å². The first-order chi connectivity index (χ1) is 8.28. The van der Waals surface area contributed by atoms with Crippen LogP contribution < -0.4 is 10.6 Å². The van der Waals surface area contributed by atoms with Crippen LogP contribution >= 0.6 is 0 Å². The van der Waals surface area contributed by atoms with E-state index in [1.54, 1.807) is 0 Å². The van der Waals surface area contributed by atoms with Gasteiger partial charge in [-0.05, 0) is 32.6 Å². The lowest BCUT2D eigenvalue weighted by atomic mass is 10.1. The normalized spacial score (nSPS) is 22.8. The van der Waals surface area contributed by atoms with Crippen LogP contribution in [0.2, 0.25) is 0 Å². The summed E-state index contributed by atoms with van der Waals surface area (Å²) in [5.74, 6) is 0.890. The van der Waals surface area contributed by atoms with Crippen molar-refractivity contribution in [1.29, 1.82) is 0 Å². The molecule has 0 radical (unpaired) electrons. The van der Waals surface area contributed by atoms with Crippen molar-refractivity contribution >= 4 is 5.96 Å². The molecule has 17 heavy (non-hydrogen) atoms. The summed E-state index contributed by atoms with van der Waals surface area (Å²) in [7, 11) is 0. The Hall–Kier alpha value is -1.03. The maximum Gasteiger partial charge on any atom is 0.191 e. The van der Waals surface area contributed by atoms with Gasteiger partial charge in [0.1, 0.15) is 0 Å². The number of aliphatic imine (C=N–C) groups is 1. The van der Waals surface area contributed by atoms with E-state index in [2.05, 4.69) is 34.7 Å². The van der Waals surface area contributed by atoms with E-state index in [1.165, 1.54) is 0 Å². The second-order valence-corrected chi connectivity index (χ2v) is 5.14. The first kappa shape index (κ1) is 12.4. The van der Waals surface area contributed by atoms with Gasteiger partial charge in [0.05, 0.1) is 13.2 Å². The van der Waals surface area contributed by atoms with E-state index in [1.807, 2.05) is 0 Å². The molecule has 0 bridgehead atoms. The van der Waals surface area contributed by atoms with E-state index in [4.69, 9.17) is 0 Å². The molecule has 0 aromatic carbocycles. The van der Waals surface area contributed by atoms with Crippen molar-refractivity contribution in [2.45, 2.75) is 38.6 Å². The lowest BCUT2D eigenvalue weighted by molar-refractivity contribution is 0.217. The Morgan fingerprint density at radius 2 is 2.12 bits per heavy atom. The molecule has 0 atom stereocenters. The highest BCUT2D eigenvalue weighted by atomic mass is 16.3. The van der Waals surface area contributed by atoms with E-state index in [-0.39, 0.29) is 12.0 Å². The molecule has 0 unspecified atom stereocenters. The Morgan fingerprint density at radius 1 is 1.41 bits per heavy atom. The zero-order chi connectivity index (χ0) is 12.1. The molecule has 0 amide bonds.